The van der Waals surface area contributed by atoms with Crippen LogP contribution in [-0.2, 0) is 11.3 Å². The highest BCUT2D eigenvalue weighted by Crippen LogP contribution is 2.32. The fraction of sp³-hybridized carbons (Fsp3) is 0.318. The van der Waals surface area contributed by atoms with Gasteiger partial charge in [-0.1, -0.05) is 47.7 Å². The number of thioether (sulfide) groups is 1. The molecule has 29 heavy (non-hydrogen) atoms. The number of carbonyl (C=O) groups is 1. The molecule has 2 aromatic heterocycles. The summed E-state index contributed by atoms with van der Waals surface area (Å²) in [4.78, 5) is 30.9. The van der Waals surface area contributed by atoms with Crippen molar-refractivity contribution in [1.82, 2.24) is 14.9 Å². The summed E-state index contributed by atoms with van der Waals surface area (Å²) in [6.07, 6.45) is 1.67. The van der Waals surface area contributed by atoms with Crippen molar-refractivity contribution in [1.29, 1.82) is 0 Å². The number of benzene rings is 1. The van der Waals surface area contributed by atoms with Crippen LogP contribution in [0.4, 0.5) is 0 Å². The van der Waals surface area contributed by atoms with Crippen LogP contribution in [0.5, 0.6) is 0 Å². The van der Waals surface area contributed by atoms with Crippen LogP contribution >= 0.6 is 23.1 Å². The van der Waals surface area contributed by atoms with Gasteiger partial charge >= 0.3 is 0 Å². The summed E-state index contributed by atoms with van der Waals surface area (Å²) in [7, 11) is 0. The molecule has 0 radical (unpaired) electrons. The molecule has 0 aliphatic carbocycles. The maximum atomic E-state index is 13.3. The summed E-state index contributed by atoms with van der Waals surface area (Å²) in [5.74, 6) is 0.108. The van der Waals surface area contributed by atoms with E-state index in [1.54, 1.807) is 10.6 Å². The molecule has 0 spiro atoms. The number of nitrogens with one attached hydrogen (secondary N) is 1. The van der Waals surface area contributed by atoms with Crippen LogP contribution in [0.15, 0.2) is 52.3 Å². The largest absolute Gasteiger partial charge is 0.351 e. The van der Waals surface area contributed by atoms with Crippen molar-refractivity contribution in [2.45, 2.75) is 44.9 Å². The van der Waals surface area contributed by atoms with E-state index in [0.29, 0.717) is 21.9 Å². The second-order valence-corrected chi connectivity index (χ2v) is 9.68. The van der Waals surface area contributed by atoms with Crippen molar-refractivity contribution in [2.24, 2.45) is 0 Å². The molecule has 0 aliphatic rings. The molecule has 1 amide bonds. The Kier molecular flexibility index (Phi) is 6.29. The van der Waals surface area contributed by atoms with E-state index in [0.717, 1.165) is 11.1 Å². The highest BCUT2D eigenvalue weighted by atomic mass is 32.2. The van der Waals surface area contributed by atoms with Gasteiger partial charge in [0.1, 0.15) is 4.83 Å². The molecule has 1 aromatic carbocycles. The average molecular weight is 428 g/mol. The SMILES string of the molecule is C=CCn1c(SCC(=O)NC(C)(C)C)nc2scc(-c3ccc(C)cc3)c2c1=O. The molecule has 0 atom stereocenters. The summed E-state index contributed by atoms with van der Waals surface area (Å²) in [5, 5.41) is 6.05. The Morgan fingerprint density at radius 2 is 2.00 bits per heavy atom. The second kappa shape index (κ2) is 8.55. The third kappa shape index (κ3) is 4.97. The zero-order valence-corrected chi connectivity index (χ0v) is 18.7. The molecule has 7 heteroatoms. The van der Waals surface area contributed by atoms with E-state index in [1.807, 2.05) is 57.3 Å². The maximum Gasteiger partial charge on any atom is 0.263 e. The Morgan fingerprint density at radius 1 is 1.31 bits per heavy atom. The third-order valence-electron chi connectivity index (χ3n) is 4.18. The molecular formula is C22H25N3O2S2. The summed E-state index contributed by atoms with van der Waals surface area (Å²) in [6.45, 7) is 12.0. The fourth-order valence-electron chi connectivity index (χ4n) is 2.94. The van der Waals surface area contributed by atoms with Gasteiger partial charge < -0.3 is 5.32 Å². The number of allylic oxidation sites excluding steroid dienone is 1. The van der Waals surface area contributed by atoms with Gasteiger partial charge in [0.2, 0.25) is 5.91 Å². The van der Waals surface area contributed by atoms with Crippen molar-refractivity contribution < 1.29 is 4.79 Å². The molecule has 1 N–H and O–H groups in total. The lowest BCUT2D eigenvalue weighted by molar-refractivity contribution is -0.119. The van der Waals surface area contributed by atoms with Crippen LogP contribution in [0, 0.1) is 6.92 Å². The van der Waals surface area contributed by atoms with Crippen molar-refractivity contribution in [3.8, 4) is 11.1 Å². The fourth-order valence-corrected chi connectivity index (χ4v) is 4.73. The molecule has 0 unspecified atom stereocenters. The smallest absolute Gasteiger partial charge is 0.263 e. The minimum absolute atomic E-state index is 0.0893. The first-order chi connectivity index (χ1) is 13.7. The van der Waals surface area contributed by atoms with Gasteiger partial charge in [-0.3, -0.25) is 14.2 Å². The van der Waals surface area contributed by atoms with Gasteiger partial charge in [0.05, 0.1) is 11.1 Å². The molecule has 2 heterocycles. The zero-order chi connectivity index (χ0) is 21.2. The van der Waals surface area contributed by atoms with E-state index in [1.165, 1.54) is 28.7 Å². The van der Waals surface area contributed by atoms with E-state index >= 15 is 0 Å². The van der Waals surface area contributed by atoms with E-state index < -0.39 is 0 Å². The maximum absolute atomic E-state index is 13.3. The van der Waals surface area contributed by atoms with Crippen LogP contribution in [0.3, 0.4) is 0 Å². The van der Waals surface area contributed by atoms with Crippen LogP contribution in [0.1, 0.15) is 26.3 Å². The van der Waals surface area contributed by atoms with Crippen molar-refractivity contribution in [3.63, 3.8) is 0 Å². The molecular weight excluding hydrogens is 402 g/mol. The average Bonchev–Trinajstić information content (AvgIpc) is 3.06. The monoisotopic (exact) mass is 427 g/mol. The highest BCUT2D eigenvalue weighted by molar-refractivity contribution is 7.99. The van der Waals surface area contributed by atoms with Gasteiger partial charge in [0.15, 0.2) is 5.16 Å². The standard InChI is InChI=1S/C22H25N3O2S2/c1-6-11-25-20(27)18-16(15-9-7-14(2)8-10-15)12-28-19(18)23-21(25)29-13-17(26)24-22(3,4)5/h6-10,12H,1,11,13H2,2-5H3,(H,24,26). The van der Waals surface area contributed by atoms with Crippen LogP contribution < -0.4 is 10.9 Å². The minimum Gasteiger partial charge on any atom is -0.351 e. The van der Waals surface area contributed by atoms with Crippen LogP contribution in [0.25, 0.3) is 21.3 Å². The number of aryl methyl sites for hydroxylation is 1. The van der Waals surface area contributed by atoms with E-state index in [-0.39, 0.29) is 22.8 Å². The van der Waals surface area contributed by atoms with E-state index in [9.17, 15) is 9.59 Å². The molecule has 3 rings (SSSR count). The van der Waals surface area contributed by atoms with Gasteiger partial charge in [-0.05, 0) is 33.3 Å². The molecule has 3 aromatic rings. The molecule has 0 aliphatic heterocycles. The quantitative estimate of drug-likeness (QED) is 0.354. The topological polar surface area (TPSA) is 64.0 Å². The first-order valence-corrected chi connectivity index (χ1v) is 11.2. The van der Waals surface area contributed by atoms with Crippen LogP contribution in [0.2, 0.25) is 0 Å². The van der Waals surface area contributed by atoms with Crippen molar-refractivity contribution in [3.05, 3.63) is 58.2 Å². The highest BCUT2D eigenvalue weighted by Gasteiger charge is 2.19. The number of carbonyl (C=O) groups excluding carboxylic acids is 1. The second-order valence-electron chi connectivity index (χ2n) is 7.88. The van der Waals surface area contributed by atoms with Gasteiger partial charge in [-0.15, -0.1) is 17.9 Å². The summed E-state index contributed by atoms with van der Waals surface area (Å²) in [6, 6.07) is 8.11. The lowest BCUT2D eigenvalue weighted by Crippen LogP contribution is -2.41. The Balaban J connectivity index is 2.01. The molecule has 152 valence electrons. The molecule has 0 bridgehead atoms. The van der Waals surface area contributed by atoms with Gasteiger partial charge in [-0.25, -0.2) is 4.98 Å². The molecule has 0 saturated carbocycles. The lowest BCUT2D eigenvalue weighted by atomic mass is 10.1. The van der Waals surface area contributed by atoms with Crippen molar-refractivity contribution in [2.75, 3.05) is 5.75 Å². The zero-order valence-electron chi connectivity index (χ0n) is 17.1. The number of amides is 1. The Bertz CT molecular complexity index is 1110. The predicted octanol–water partition coefficient (Wildman–Crippen LogP) is 4.63. The van der Waals surface area contributed by atoms with Gasteiger partial charge in [0.25, 0.3) is 5.56 Å². The molecule has 5 nitrogen and oxygen atoms in total. The number of rotatable bonds is 6. The number of nitrogens with zero attached hydrogens (tertiary/aromatic N) is 2. The third-order valence-corrected chi connectivity index (χ3v) is 6.03. The Hall–Kier alpha value is -2.38. The number of hydrogen-bond acceptors (Lipinski definition) is 5. The summed E-state index contributed by atoms with van der Waals surface area (Å²) in [5.41, 5.74) is 2.65. The number of fused-ring (bicyclic) bond motifs is 1. The summed E-state index contributed by atoms with van der Waals surface area (Å²) < 4.78 is 1.59. The van der Waals surface area contributed by atoms with Gasteiger partial charge in [-0.2, -0.15) is 0 Å². The molecule has 0 saturated heterocycles. The van der Waals surface area contributed by atoms with E-state index in [4.69, 9.17) is 4.98 Å². The van der Waals surface area contributed by atoms with E-state index in [2.05, 4.69) is 11.9 Å². The minimum atomic E-state index is -0.299. The number of hydrogen-bond donors (Lipinski definition) is 1. The predicted molar refractivity (Wildman–Crippen MR) is 123 cm³/mol. The number of aromatic nitrogens is 2. The normalized spacial score (nSPS) is 11.6. The van der Waals surface area contributed by atoms with Crippen molar-refractivity contribution >= 4 is 39.2 Å². The lowest BCUT2D eigenvalue weighted by Gasteiger charge is -2.20. The van der Waals surface area contributed by atoms with Gasteiger partial charge in [0, 0.05) is 23.0 Å². The Morgan fingerprint density at radius 3 is 2.62 bits per heavy atom. The van der Waals surface area contributed by atoms with Crippen LogP contribution in [-0.4, -0.2) is 26.8 Å². The molecule has 0 fully saturated rings. The first kappa shape index (κ1) is 21.3. The summed E-state index contributed by atoms with van der Waals surface area (Å²) >= 11 is 2.72. The Labute approximate surface area is 178 Å². The first-order valence-electron chi connectivity index (χ1n) is 9.33. The number of thiophene rings is 1.